The summed E-state index contributed by atoms with van der Waals surface area (Å²) in [7, 11) is 0. The summed E-state index contributed by atoms with van der Waals surface area (Å²) in [6, 6.07) is 0. The summed E-state index contributed by atoms with van der Waals surface area (Å²) >= 11 is 0. The zero-order chi connectivity index (χ0) is 10.3. The number of hydrogen-bond donors (Lipinski definition) is 1. The molecule has 1 nitrogen and oxygen atoms in total. The summed E-state index contributed by atoms with van der Waals surface area (Å²) in [5, 5.41) is 9.61. The van der Waals surface area contributed by atoms with E-state index in [1.807, 2.05) is 0 Å². The van der Waals surface area contributed by atoms with Gasteiger partial charge in [0.15, 0.2) is 0 Å². The van der Waals surface area contributed by atoms with Crippen LogP contribution in [0.15, 0.2) is 11.6 Å². The van der Waals surface area contributed by atoms with Gasteiger partial charge in [-0.2, -0.15) is 0 Å². The molecule has 4 unspecified atom stereocenters. The van der Waals surface area contributed by atoms with E-state index in [9.17, 15) is 5.11 Å². The van der Waals surface area contributed by atoms with Crippen LogP contribution in [0, 0.1) is 17.8 Å². The Bertz CT molecular complexity index is 269. The first-order chi connectivity index (χ1) is 7.31. The van der Waals surface area contributed by atoms with E-state index in [2.05, 4.69) is 6.08 Å². The fourth-order valence-corrected chi connectivity index (χ4v) is 4.11. The van der Waals surface area contributed by atoms with Gasteiger partial charge >= 0.3 is 0 Å². The van der Waals surface area contributed by atoms with Gasteiger partial charge in [0.05, 0.1) is 6.10 Å². The monoisotopic (exact) mass is 206 g/mol. The lowest BCUT2D eigenvalue weighted by molar-refractivity contribution is 0.199. The largest absolute Gasteiger partial charge is 0.389 e. The van der Waals surface area contributed by atoms with Crippen LogP contribution in [0.3, 0.4) is 0 Å². The maximum atomic E-state index is 9.61. The molecule has 3 rings (SSSR count). The van der Waals surface area contributed by atoms with Gasteiger partial charge in [-0.3, -0.25) is 0 Å². The van der Waals surface area contributed by atoms with Gasteiger partial charge in [-0.1, -0.05) is 18.1 Å². The summed E-state index contributed by atoms with van der Waals surface area (Å²) in [5.74, 6) is 3.07. The standard InChI is InChI=1S/C14H22O/c15-14-3-1-2-10(9-14)7-13-8-11-4-5-12(13)6-11/h9,11-15H,1-8H2. The summed E-state index contributed by atoms with van der Waals surface area (Å²) in [6.45, 7) is 0. The molecule has 0 heterocycles. The normalized spacial score (nSPS) is 44.5. The minimum atomic E-state index is -0.132. The quantitative estimate of drug-likeness (QED) is 0.687. The maximum Gasteiger partial charge on any atom is 0.0723 e. The molecule has 0 aromatic carbocycles. The van der Waals surface area contributed by atoms with Crippen LogP contribution in [0.5, 0.6) is 0 Å². The maximum absolute atomic E-state index is 9.61. The minimum Gasteiger partial charge on any atom is -0.389 e. The zero-order valence-corrected chi connectivity index (χ0v) is 9.49. The molecular formula is C14H22O. The molecule has 84 valence electrons. The van der Waals surface area contributed by atoms with Crippen LogP contribution in [0.2, 0.25) is 0 Å². The molecular weight excluding hydrogens is 184 g/mol. The van der Waals surface area contributed by atoms with Crippen LogP contribution in [0.4, 0.5) is 0 Å². The summed E-state index contributed by atoms with van der Waals surface area (Å²) in [5.41, 5.74) is 1.56. The van der Waals surface area contributed by atoms with Gasteiger partial charge in [-0.05, 0) is 62.7 Å². The van der Waals surface area contributed by atoms with Gasteiger partial charge in [0.2, 0.25) is 0 Å². The van der Waals surface area contributed by atoms with E-state index in [0.29, 0.717) is 0 Å². The Morgan fingerprint density at radius 2 is 2.13 bits per heavy atom. The predicted octanol–water partition coefficient (Wildman–Crippen LogP) is 3.28. The summed E-state index contributed by atoms with van der Waals surface area (Å²) < 4.78 is 0. The smallest absolute Gasteiger partial charge is 0.0723 e. The van der Waals surface area contributed by atoms with E-state index in [0.717, 1.165) is 24.2 Å². The number of aliphatic hydroxyl groups excluding tert-OH is 1. The Kier molecular flexibility index (Phi) is 2.59. The van der Waals surface area contributed by atoms with Gasteiger partial charge in [0, 0.05) is 0 Å². The minimum absolute atomic E-state index is 0.132. The molecule has 0 aliphatic heterocycles. The number of rotatable bonds is 2. The third kappa shape index (κ3) is 1.99. The second kappa shape index (κ2) is 3.93. The highest BCUT2D eigenvalue weighted by Gasteiger charge is 2.39. The first-order valence-electron chi connectivity index (χ1n) is 6.69. The molecule has 1 heteroatoms. The number of fused-ring (bicyclic) bond motifs is 2. The first kappa shape index (κ1) is 9.89. The van der Waals surface area contributed by atoms with E-state index < -0.39 is 0 Å². The van der Waals surface area contributed by atoms with Crippen molar-refractivity contribution in [2.75, 3.05) is 0 Å². The van der Waals surface area contributed by atoms with Crippen molar-refractivity contribution < 1.29 is 5.11 Å². The van der Waals surface area contributed by atoms with Gasteiger partial charge in [-0.25, -0.2) is 0 Å². The van der Waals surface area contributed by atoms with Crippen LogP contribution in [-0.2, 0) is 0 Å². The average molecular weight is 206 g/mol. The topological polar surface area (TPSA) is 20.2 Å². The van der Waals surface area contributed by atoms with Gasteiger partial charge in [0.25, 0.3) is 0 Å². The molecule has 0 saturated heterocycles. The Morgan fingerprint density at radius 1 is 1.20 bits per heavy atom. The molecule has 0 aromatic rings. The van der Waals surface area contributed by atoms with E-state index in [1.165, 1.54) is 44.9 Å². The van der Waals surface area contributed by atoms with Crippen molar-refractivity contribution in [2.24, 2.45) is 17.8 Å². The van der Waals surface area contributed by atoms with Gasteiger partial charge in [-0.15, -0.1) is 0 Å². The Hall–Kier alpha value is -0.300. The van der Waals surface area contributed by atoms with Crippen LogP contribution >= 0.6 is 0 Å². The van der Waals surface area contributed by atoms with Crippen molar-refractivity contribution >= 4 is 0 Å². The van der Waals surface area contributed by atoms with E-state index in [4.69, 9.17) is 0 Å². The van der Waals surface area contributed by atoms with E-state index in [1.54, 1.807) is 5.57 Å². The van der Waals surface area contributed by atoms with Crippen molar-refractivity contribution in [1.82, 2.24) is 0 Å². The molecule has 0 radical (unpaired) electrons. The molecule has 2 fully saturated rings. The van der Waals surface area contributed by atoms with E-state index >= 15 is 0 Å². The highest BCUT2D eigenvalue weighted by Crippen LogP contribution is 2.50. The van der Waals surface area contributed by atoms with Gasteiger partial charge in [0.1, 0.15) is 0 Å². The van der Waals surface area contributed by atoms with Crippen molar-refractivity contribution in [1.29, 1.82) is 0 Å². The summed E-state index contributed by atoms with van der Waals surface area (Å²) in [4.78, 5) is 0. The molecule has 0 spiro atoms. The molecule has 0 amide bonds. The summed E-state index contributed by atoms with van der Waals surface area (Å²) in [6.07, 6.45) is 12.8. The zero-order valence-electron chi connectivity index (χ0n) is 9.49. The lowest BCUT2D eigenvalue weighted by Gasteiger charge is -2.25. The molecule has 0 aromatic heterocycles. The number of allylic oxidation sites excluding steroid dienone is 1. The predicted molar refractivity (Wildman–Crippen MR) is 61.5 cm³/mol. The Labute approximate surface area is 92.6 Å². The first-order valence-corrected chi connectivity index (χ1v) is 6.69. The molecule has 2 saturated carbocycles. The second-order valence-corrected chi connectivity index (χ2v) is 5.92. The lowest BCUT2D eigenvalue weighted by atomic mass is 9.81. The number of hydrogen-bond acceptors (Lipinski definition) is 1. The third-order valence-corrected chi connectivity index (χ3v) is 4.83. The Morgan fingerprint density at radius 3 is 2.80 bits per heavy atom. The fourth-order valence-electron chi connectivity index (χ4n) is 4.11. The molecule has 3 aliphatic carbocycles. The van der Waals surface area contributed by atoms with Crippen molar-refractivity contribution in [3.63, 3.8) is 0 Å². The van der Waals surface area contributed by atoms with Gasteiger partial charge < -0.3 is 5.11 Å². The highest BCUT2D eigenvalue weighted by atomic mass is 16.3. The number of aliphatic hydroxyl groups is 1. The van der Waals surface area contributed by atoms with E-state index in [-0.39, 0.29) is 6.10 Å². The van der Waals surface area contributed by atoms with Crippen LogP contribution in [0.1, 0.15) is 51.4 Å². The average Bonchev–Trinajstić information content (AvgIpc) is 2.79. The van der Waals surface area contributed by atoms with Crippen LogP contribution in [0.25, 0.3) is 0 Å². The molecule has 2 bridgehead atoms. The molecule has 1 N–H and O–H groups in total. The molecule has 4 atom stereocenters. The Balaban J connectivity index is 1.61. The highest BCUT2D eigenvalue weighted by molar-refractivity contribution is 5.11. The van der Waals surface area contributed by atoms with Crippen LogP contribution in [-0.4, -0.2) is 11.2 Å². The SMILES string of the molecule is OC1C=C(CC2CC3CCC2C3)CCC1. The van der Waals surface area contributed by atoms with Crippen LogP contribution < -0.4 is 0 Å². The third-order valence-electron chi connectivity index (χ3n) is 4.83. The van der Waals surface area contributed by atoms with Crippen molar-refractivity contribution in [3.05, 3.63) is 11.6 Å². The molecule has 15 heavy (non-hydrogen) atoms. The molecule has 3 aliphatic rings. The lowest BCUT2D eigenvalue weighted by Crippen LogP contribution is -2.15. The fraction of sp³-hybridized carbons (Fsp3) is 0.857. The second-order valence-electron chi connectivity index (χ2n) is 5.92. The van der Waals surface area contributed by atoms with Crippen molar-refractivity contribution in [2.45, 2.75) is 57.5 Å². The van der Waals surface area contributed by atoms with Crippen molar-refractivity contribution in [3.8, 4) is 0 Å².